The van der Waals surface area contributed by atoms with Gasteiger partial charge >= 0.3 is 0 Å². The maximum absolute atomic E-state index is 9.72. The van der Waals surface area contributed by atoms with Crippen molar-refractivity contribution in [1.82, 2.24) is 4.98 Å². The molecule has 0 radical (unpaired) electrons. The van der Waals surface area contributed by atoms with Gasteiger partial charge in [0.2, 0.25) is 0 Å². The number of phenols is 1. The average molecular weight is 177 g/mol. The number of benzene rings is 1. The van der Waals surface area contributed by atoms with Crippen molar-refractivity contribution in [3.05, 3.63) is 23.9 Å². The van der Waals surface area contributed by atoms with E-state index in [1.807, 2.05) is 19.1 Å². The molecule has 0 fully saturated rings. The van der Waals surface area contributed by atoms with Gasteiger partial charge in [0.1, 0.15) is 0 Å². The number of rotatable bonds is 1. The highest BCUT2D eigenvalue weighted by Crippen LogP contribution is 2.35. The van der Waals surface area contributed by atoms with Crippen LogP contribution in [0.3, 0.4) is 0 Å². The number of aryl methyl sites for hydroxylation is 1. The molecule has 0 saturated carbocycles. The van der Waals surface area contributed by atoms with Gasteiger partial charge in [-0.3, -0.25) is 0 Å². The first-order chi connectivity index (χ1) is 6.24. The van der Waals surface area contributed by atoms with Gasteiger partial charge in [-0.25, -0.2) is 0 Å². The number of hydrogen-bond acceptors (Lipinski definition) is 2. The molecule has 2 N–H and O–H groups in total. The minimum Gasteiger partial charge on any atom is -0.504 e. The Morgan fingerprint density at radius 1 is 1.46 bits per heavy atom. The Bertz CT molecular complexity index is 445. The summed E-state index contributed by atoms with van der Waals surface area (Å²) in [5.41, 5.74) is 2.02. The Morgan fingerprint density at radius 3 is 2.92 bits per heavy atom. The van der Waals surface area contributed by atoms with E-state index in [2.05, 4.69) is 4.98 Å². The van der Waals surface area contributed by atoms with E-state index in [1.54, 1.807) is 13.3 Å². The molecular formula is C10H11NO2. The second-order valence-electron chi connectivity index (χ2n) is 3.01. The number of fused-ring (bicyclic) bond motifs is 1. The van der Waals surface area contributed by atoms with Crippen LogP contribution in [0.1, 0.15) is 5.56 Å². The SMILES string of the molecule is COc1cc(C)c2[nH]ccc2c1O. The third kappa shape index (κ3) is 1.04. The van der Waals surface area contributed by atoms with Gasteiger partial charge in [0, 0.05) is 11.6 Å². The summed E-state index contributed by atoms with van der Waals surface area (Å²) in [5.74, 6) is 0.717. The Labute approximate surface area is 76.0 Å². The number of H-pyrrole nitrogens is 1. The third-order valence-corrected chi connectivity index (χ3v) is 2.20. The van der Waals surface area contributed by atoms with E-state index in [4.69, 9.17) is 4.74 Å². The number of nitrogens with one attached hydrogen (secondary N) is 1. The van der Waals surface area contributed by atoms with Gasteiger partial charge in [-0.1, -0.05) is 0 Å². The topological polar surface area (TPSA) is 45.2 Å². The van der Waals surface area contributed by atoms with E-state index in [9.17, 15) is 5.11 Å². The molecule has 2 rings (SSSR count). The van der Waals surface area contributed by atoms with Crippen molar-refractivity contribution in [2.24, 2.45) is 0 Å². The van der Waals surface area contributed by atoms with Crippen LogP contribution in [0.25, 0.3) is 10.9 Å². The first-order valence-corrected chi connectivity index (χ1v) is 4.07. The number of aromatic nitrogens is 1. The molecule has 0 saturated heterocycles. The minimum absolute atomic E-state index is 0.198. The number of ether oxygens (including phenoxy) is 1. The molecule has 0 spiro atoms. The Morgan fingerprint density at radius 2 is 2.23 bits per heavy atom. The lowest BCUT2D eigenvalue weighted by Gasteiger charge is -2.06. The van der Waals surface area contributed by atoms with E-state index in [0.29, 0.717) is 5.75 Å². The number of hydrogen-bond donors (Lipinski definition) is 2. The summed E-state index contributed by atoms with van der Waals surface area (Å²) in [4.78, 5) is 3.06. The van der Waals surface area contributed by atoms with E-state index in [-0.39, 0.29) is 5.75 Å². The fourth-order valence-corrected chi connectivity index (χ4v) is 1.52. The quantitative estimate of drug-likeness (QED) is 0.701. The molecule has 0 unspecified atom stereocenters. The van der Waals surface area contributed by atoms with Crippen LogP contribution in [0, 0.1) is 6.92 Å². The smallest absolute Gasteiger partial charge is 0.167 e. The summed E-state index contributed by atoms with van der Waals surface area (Å²) in [6.45, 7) is 1.97. The first kappa shape index (κ1) is 7.98. The fourth-order valence-electron chi connectivity index (χ4n) is 1.52. The van der Waals surface area contributed by atoms with Crippen LogP contribution in [0.5, 0.6) is 11.5 Å². The van der Waals surface area contributed by atoms with Crippen LogP contribution in [-0.2, 0) is 0 Å². The van der Waals surface area contributed by atoms with Crippen molar-refractivity contribution in [1.29, 1.82) is 0 Å². The van der Waals surface area contributed by atoms with Crippen molar-refractivity contribution in [2.75, 3.05) is 7.11 Å². The van der Waals surface area contributed by atoms with E-state index in [1.165, 1.54) is 0 Å². The van der Waals surface area contributed by atoms with Gasteiger partial charge in [0.05, 0.1) is 12.6 Å². The van der Waals surface area contributed by atoms with Crippen LogP contribution in [0.15, 0.2) is 18.3 Å². The number of methoxy groups -OCH3 is 1. The van der Waals surface area contributed by atoms with Gasteiger partial charge in [0.15, 0.2) is 11.5 Å². The van der Waals surface area contributed by atoms with E-state index < -0.39 is 0 Å². The Balaban J connectivity index is 2.85. The summed E-state index contributed by atoms with van der Waals surface area (Å²) in [7, 11) is 1.55. The maximum atomic E-state index is 9.72. The second-order valence-corrected chi connectivity index (χ2v) is 3.01. The zero-order valence-corrected chi connectivity index (χ0v) is 7.59. The van der Waals surface area contributed by atoms with Crippen LogP contribution >= 0.6 is 0 Å². The van der Waals surface area contributed by atoms with Gasteiger partial charge in [0.25, 0.3) is 0 Å². The van der Waals surface area contributed by atoms with Crippen LogP contribution < -0.4 is 4.74 Å². The summed E-state index contributed by atoms with van der Waals surface area (Å²) < 4.78 is 5.04. The highest BCUT2D eigenvalue weighted by molar-refractivity contribution is 5.90. The van der Waals surface area contributed by atoms with E-state index >= 15 is 0 Å². The predicted molar refractivity (Wildman–Crippen MR) is 51.3 cm³/mol. The lowest BCUT2D eigenvalue weighted by Crippen LogP contribution is -1.86. The standard InChI is InChI=1S/C10H11NO2/c1-6-5-8(13-2)10(12)7-3-4-11-9(6)7/h3-5,11-12H,1-2H3. The van der Waals surface area contributed by atoms with Crippen molar-refractivity contribution in [3.63, 3.8) is 0 Å². The van der Waals surface area contributed by atoms with Gasteiger partial charge in [-0.2, -0.15) is 0 Å². The fraction of sp³-hybridized carbons (Fsp3) is 0.200. The number of aromatic hydroxyl groups is 1. The summed E-state index contributed by atoms with van der Waals surface area (Å²) in [6, 6.07) is 3.65. The number of aromatic amines is 1. The second kappa shape index (κ2) is 2.69. The zero-order chi connectivity index (χ0) is 9.42. The molecule has 13 heavy (non-hydrogen) atoms. The Hall–Kier alpha value is -1.64. The summed E-state index contributed by atoms with van der Waals surface area (Å²) >= 11 is 0. The molecule has 3 nitrogen and oxygen atoms in total. The van der Waals surface area contributed by atoms with Crippen molar-refractivity contribution < 1.29 is 9.84 Å². The maximum Gasteiger partial charge on any atom is 0.167 e. The van der Waals surface area contributed by atoms with Crippen LogP contribution in [0.4, 0.5) is 0 Å². The van der Waals surface area contributed by atoms with Crippen molar-refractivity contribution in [2.45, 2.75) is 6.92 Å². The van der Waals surface area contributed by atoms with Crippen molar-refractivity contribution in [3.8, 4) is 11.5 Å². The largest absolute Gasteiger partial charge is 0.504 e. The molecule has 1 heterocycles. The number of phenolic OH excluding ortho intramolecular Hbond substituents is 1. The predicted octanol–water partition coefficient (Wildman–Crippen LogP) is 2.19. The molecule has 2 aromatic rings. The van der Waals surface area contributed by atoms with Gasteiger partial charge < -0.3 is 14.8 Å². The molecule has 0 amide bonds. The minimum atomic E-state index is 0.198. The molecule has 68 valence electrons. The van der Waals surface area contributed by atoms with E-state index in [0.717, 1.165) is 16.5 Å². The molecule has 1 aromatic heterocycles. The molecule has 0 aliphatic rings. The Kier molecular flexibility index (Phi) is 1.65. The lowest BCUT2D eigenvalue weighted by molar-refractivity contribution is 0.376. The molecule has 3 heteroatoms. The molecule has 0 aliphatic heterocycles. The lowest BCUT2D eigenvalue weighted by atomic mass is 10.1. The molecule has 0 aliphatic carbocycles. The van der Waals surface area contributed by atoms with Crippen LogP contribution in [-0.4, -0.2) is 17.2 Å². The zero-order valence-electron chi connectivity index (χ0n) is 7.59. The van der Waals surface area contributed by atoms with Crippen LogP contribution in [0.2, 0.25) is 0 Å². The van der Waals surface area contributed by atoms with Gasteiger partial charge in [-0.15, -0.1) is 0 Å². The summed E-state index contributed by atoms with van der Waals surface area (Å²) in [6.07, 6.45) is 1.80. The molecule has 0 atom stereocenters. The van der Waals surface area contributed by atoms with Crippen molar-refractivity contribution >= 4 is 10.9 Å². The molecule has 0 bridgehead atoms. The third-order valence-electron chi connectivity index (χ3n) is 2.20. The van der Waals surface area contributed by atoms with Gasteiger partial charge in [-0.05, 0) is 24.6 Å². The first-order valence-electron chi connectivity index (χ1n) is 4.07. The summed E-state index contributed by atoms with van der Waals surface area (Å²) in [5, 5.41) is 10.5. The molecule has 1 aromatic carbocycles. The average Bonchev–Trinajstić information content (AvgIpc) is 2.60. The monoisotopic (exact) mass is 177 g/mol. The highest BCUT2D eigenvalue weighted by Gasteiger charge is 2.09. The highest BCUT2D eigenvalue weighted by atomic mass is 16.5. The normalized spacial score (nSPS) is 10.6. The molecular weight excluding hydrogens is 166 g/mol.